The second kappa shape index (κ2) is 6.36. The molecule has 2 aromatic carbocycles. The van der Waals surface area contributed by atoms with Crippen LogP contribution in [0.15, 0.2) is 48.5 Å². The van der Waals surface area contributed by atoms with E-state index in [1.807, 2.05) is 43.3 Å². The summed E-state index contributed by atoms with van der Waals surface area (Å²) >= 11 is 6.07. The number of nitrogens with one attached hydrogen (secondary N) is 1. The molecule has 1 amide bonds. The molecule has 2 rings (SSSR count). The van der Waals surface area contributed by atoms with Crippen molar-refractivity contribution in [3.8, 4) is 0 Å². The lowest BCUT2D eigenvalue weighted by Crippen LogP contribution is -2.24. The van der Waals surface area contributed by atoms with Crippen LogP contribution < -0.4 is 5.48 Å². The number of hydrogen-bond acceptors (Lipinski definition) is 2. The van der Waals surface area contributed by atoms with Crippen LogP contribution in [-0.4, -0.2) is 5.91 Å². The van der Waals surface area contributed by atoms with Crippen LogP contribution >= 0.6 is 11.6 Å². The summed E-state index contributed by atoms with van der Waals surface area (Å²) in [5.74, 6) is -0.343. The molecule has 2 aromatic rings. The van der Waals surface area contributed by atoms with Crippen molar-refractivity contribution in [1.82, 2.24) is 5.48 Å². The first kappa shape index (κ1) is 13.6. The highest BCUT2D eigenvalue weighted by Crippen LogP contribution is 2.19. The van der Waals surface area contributed by atoms with Gasteiger partial charge in [0, 0.05) is 0 Å². The van der Waals surface area contributed by atoms with Crippen molar-refractivity contribution >= 4 is 17.5 Å². The number of hydroxylamine groups is 1. The number of amides is 1. The summed E-state index contributed by atoms with van der Waals surface area (Å²) in [4.78, 5) is 17.1. The lowest BCUT2D eigenvalue weighted by molar-refractivity contribution is 0.0233. The summed E-state index contributed by atoms with van der Waals surface area (Å²) in [6, 6.07) is 14.9. The van der Waals surface area contributed by atoms with Gasteiger partial charge in [0.1, 0.15) is 0 Å². The second-order valence-corrected chi connectivity index (χ2v) is 4.52. The fraction of sp³-hybridized carbons (Fsp3) is 0.133. The van der Waals surface area contributed by atoms with Crippen molar-refractivity contribution in [3.63, 3.8) is 0 Å². The maximum Gasteiger partial charge on any atom is 0.276 e. The molecule has 0 fully saturated rings. The molecule has 4 heteroatoms. The van der Waals surface area contributed by atoms with E-state index in [4.69, 9.17) is 16.4 Å². The van der Waals surface area contributed by atoms with Crippen LogP contribution in [0.5, 0.6) is 0 Å². The van der Waals surface area contributed by atoms with Gasteiger partial charge in [0.05, 0.1) is 17.2 Å². The van der Waals surface area contributed by atoms with Crippen LogP contribution in [0.2, 0.25) is 5.02 Å². The SMILES string of the molecule is Cc1cccc(C(=O)NOCc2ccccc2)c1Cl. The first-order valence-corrected chi connectivity index (χ1v) is 6.27. The van der Waals surface area contributed by atoms with Gasteiger partial charge in [-0.15, -0.1) is 0 Å². The van der Waals surface area contributed by atoms with Gasteiger partial charge in [-0.3, -0.25) is 9.63 Å². The normalized spacial score (nSPS) is 10.2. The largest absolute Gasteiger partial charge is 0.276 e. The van der Waals surface area contributed by atoms with Crippen molar-refractivity contribution in [2.45, 2.75) is 13.5 Å². The van der Waals surface area contributed by atoms with Crippen LogP contribution in [0.1, 0.15) is 21.5 Å². The van der Waals surface area contributed by atoms with E-state index < -0.39 is 0 Å². The predicted molar refractivity (Wildman–Crippen MR) is 74.9 cm³/mol. The quantitative estimate of drug-likeness (QED) is 0.867. The third-order valence-electron chi connectivity index (χ3n) is 2.68. The average molecular weight is 276 g/mol. The zero-order chi connectivity index (χ0) is 13.7. The summed E-state index contributed by atoms with van der Waals surface area (Å²) in [6.07, 6.45) is 0. The molecule has 0 radical (unpaired) electrons. The summed E-state index contributed by atoms with van der Waals surface area (Å²) in [5.41, 5.74) is 4.65. The van der Waals surface area contributed by atoms with E-state index in [0.717, 1.165) is 11.1 Å². The number of halogens is 1. The van der Waals surface area contributed by atoms with Gasteiger partial charge in [0.2, 0.25) is 0 Å². The number of rotatable bonds is 4. The van der Waals surface area contributed by atoms with Gasteiger partial charge in [-0.1, -0.05) is 54.1 Å². The minimum Gasteiger partial charge on any atom is -0.269 e. The Balaban J connectivity index is 1.93. The molecule has 0 saturated heterocycles. The van der Waals surface area contributed by atoms with E-state index in [1.54, 1.807) is 12.1 Å². The fourth-order valence-corrected chi connectivity index (χ4v) is 1.85. The smallest absolute Gasteiger partial charge is 0.269 e. The monoisotopic (exact) mass is 275 g/mol. The summed E-state index contributed by atoms with van der Waals surface area (Å²) < 4.78 is 0. The topological polar surface area (TPSA) is 38.3 Å². The molecule has 0 heterocycles. The number of carbonyl (C=O) groups excluding carboxylic acids is 1. The van der Waals surface area contributed by atoms with Gasteiger partial charge in [0.15, 0.2) is 0 Å². The van der Waals surface area contributed by atoms with Crippen molar-refractivity contribution in [2.24, 2.45) is 0 Å². The average Bonchev–Trinajstić information content (AvgIpc) is 2.43. The van der Waals surface area contributed by atoms with E-state index in [1.165, 1.54) is 0 Å². The van der Waals surface area contributed by atoms with Crippen molar-refractivity contribution in [3.05, 3.63) is 70.2 Å². The van der Waals surface area contributed by atoms with E-state index in [-0.39, 0.29) is 5.91 Å². The highest BCUT2D eigenvalue weighted by Gasteiger charge is 2.11. The summed E-state index contributed by atoms with van der Waals surface area (Å²) in [5, 5.41) is 0.448. The fourth-order valence-electron chi connectivity index (χ4n) is 1.64. The molecule has 19 heavy (non-hydrogen) atoms. The maximum absolute atomic E-state index is 11.9. The first-order chi connectivity index (χ1) is 9.18. The minimum absolute atomic E-state index is 0.315. The predicted octanol–water partition coefficient (Wildman–Crippen LogP) is 3.51. The summed E-state index contributed by atoms with van der Waals surface area (Å²) in [7, 11) is 0. The van der Waals surface area contributed by atoms with Crippen molar-refractivity contribution < 1.29 is 9.63 Å². The van der Waals surface area contributed by atoms with E-state index in [2.05, 4.69) is 5.48 Å². The second-order valence-electron chi connectivity index (χ2n) is 4.14. The van der Waals surface area contributed by atoms with E-state index in [0.29, 0.717) is 17.2 Å². The van der Waals surface area contributed by atoms with Gasteiger partial charge in [-0.05, 0) is 24.1 Å². The Bertz CT molecular complexity index is 570. The standard InChI is InChI=1S/C15H14ClNO2/c1-11-6-5-9-13(14(11)16)15(18)17-19-10-12-7-3-2-4-8-12/h2-9H,10H2,1H3,(H,17,18). The van der Waals surface area contributed by atoms with Crippen LogP contribution in [0.25, 0.3) is 0 Å². The van der Waals surface area contributed by atoms with Crippen LogP contribution in [0, 0.1) is 6.92 Å². The molecule has 0 aliphatic carbocycles. The molecule has 0 aliphatic rings. The Morgan fingerprint density at radius 1 is 1.16 bits per heavy atom. The van der Waals surface area contributed by atoms with Gasteiger partial charge in [0.25, 0.3) is 5.91 Å². The molecule has 0 bridgehead atoms. The lowest BCUT2D eigenvalue weighted by Gasteiger charge is -2.08. The third-order valence-corrected chi connectivity index (χ3v) is 3.18. The highest BCUT2D eigenvalue weighted by molar-refractivity contribution is 6.34. The van der Waals surface area contributed by atoms with E-state index >= 15 is 0 Å². The first-order valence-electron chi connectivity index (χ1n) is 5.89. The molecular formula is C15H14ClNO2. The van der Waals surface area contributed by atoms with Crippen molar-refractivity contribution in [2.75, 3.05) is 0 Å². The van der Waals surface area contributed by atoms with Gasteiger partial charge >= 0.3 is 0 Å². The third kappa shape index (κ3) is 3.56. The Labute approximate surface area is 117 Å². The molecular weight excluding hydrogens is 262 g/mol. The zero-order valence-electron chi connectivity index (χ0n) is 10.5. The van der Waals surface area contributed by atoms with E-state index in [9.17, 15) is 4.79 Å². The molecule has 0 aromatic heterocycles. The van der Waals surface area contributed by atoms with Crippen LogP contribution in [0.4, 0.5) is 0 Å². The Morgan fingerprint density at radius 3 is 2.63 bits per heavy atom. The van der Waals surface area contributed by atoms with Gasteiger partial charge < -0.3 is 0 Å². The number of carbonyl (C=O) groups is 1. The number of aryl methyl sites for hydroxylation is 1. The minimum atomic E-state index is -0.343. The molecule has 0 atom stereocenters. The molecule has 3 nitrogen and oxygen atoms in total. The maximum atomic E-state index is 11.9. The Hall–Kier alpha value is -1.84. The zero-order valence-corrected chi connectivity index (χ0v) is 11.3. The summed E-state index contributed by atoms with van der Waals surface area (Å²) in [6.45, 7) is 2.17. The van der Waals surface area contributed by atoms with Gasteiger partial charge in [-0.2, -0.15) is 0 Å². The number of benzene rings is 2. The molecule has 0 aliphatic heterocycles. The van der Waals surface area contributed by atoms with Crippen LogP contribution in [-0.2, 0) is 11.4 Å². The molecule has 1 N–H and O–H groups in total. The van der Waals surface area contributed by atoms with Gasteiger partial charge in [-0.25, -0.2) is 5.48 Å². The molecule has 98 valence electrons. The molecule has 0 spiro atoms. The van der Waals surface area contributed by atoms with Crippen molar-refractivity contribution in [1.29, 1.82) is 0 Å². The number of hydrogen-bond donors (Lipinski definition) is 1. The molecule has 0 saturated carbocycles. The molecule has 0 unspecified atom stereocenters. The Morgan fingerprint density at radius 2 is 1.89 bits per heavy atom. The Kier molecular flexibility index (Phi) is 4.55. The highest BCUT2D eigenvalue weighted by atomic mass is 35.5. The van der Waals surface area contributed by atoms with Crippen LogP contribution in [0.3, 0.4) is 0 Å². The lowest BCUT2D eigenvalue weighted by atomic mass is 10.1.